The van der Waals surface area contributed by atoms with Gasteiger partial charge in [0, 0.05) is 31.2 Å². The van der Waals surface area contributed by atoms with Gasteiger partial charge in [-0.15, -0.1) is 0 Å². The minimum absolute atomic E-state index is 0.119. The molecule has 0 aliphatic rings. The van der Waals surface area contributed by atoms with Crippen LogP contribution in [-0.2, 0) is 4.79 Å². The summed E-state index contributed by atoms with van der Waals surface area (Å²) in [5.74, 6) is 0.215. The molecule has 0 saturated carbocycles. The summed E-state index contributed by atoms with van der Waals surface area (Å²) < 4.78 is 0. The molecule has 0 aliphatic heterocycles. The Balaban J connectivity index is 2.13. The molecule has 2 N–H and O–H groups in total. The summed E-state index contributed by atoms with van der Waals surface area (Å²) in [6.45, 7) is -0.119. The number of carboxylic acids is 1. The SMILES string of the molecule is CN(CC(=O)O)c1cc(Nc2ccncc2)ncn1. The zero-order valence-corrected chi connectivity index (χ0v) is 10.3. The lowest BCUT2D eigenvalue weighted by molar-refractivity contribution is -0.135. The molecular formula is C12H13N5O2. The van der Waals surface area contributed by atoms with Crippen molar-refractivity contribution in [2.24, 2.45) is 0 Å². The largest absolute Gasteiger partial charge is 0.480 e. The van der Waals surface area contributed by atoms with Crippen molar-refractivity contribution in [3.63, 3.8) is 0 Å². The first-order chi connectivity index (χ1) is 9.15. The molecule has 0 aromatic carbocycles. The molecule has 2 aromatic rings. The lowest BCUT2D eigenvalue weighted by atomic mass is 10.4. The van der Waals surface area contributed by atoms with Crippen LogP contribution in [-0.4, -0.2) is 39.6 Å². The molecule has 0 spiro atoms. The van der Waals surface area contributed by atoms with Crippen LogP contribution in [0.25, 0.3) is 0 Å². The summed E-state index contributed by atoms with van der Waals surface area (Å²) in [7, 11) is 1.66. The molecule has 7 nitrogen and oxygen atoms in total. The van der Waals surface area contributed by atoms with Crippen molar-refractivity contribution in [2.75, 3.05) is 23.8 Å². The van der Waals surface area contributed by atoms with Crippen LogP contribution in [0.1, 0.15) is 0 Å². The standard InChI is InChI=1S/C12H13N5O2/c1-17(7-12(18)19)11-6-10(14-8-15-11)16-9-2-4-13-5-3-9/h2-6,8H,7H2,1H3,(H,18,19)(H,13,14,15,16). The number of pyridine rings is 1. The van der Waals surface area contributed by atoms with Crippen molar-refractivity contribution >= 4 is 23.3 Å². The molecule has 0 saturated heterocycles. The van der Waals surface area contributed by atoms with Crippen molar-refractivity contribution in [1.82, 2.24) is 15.0 Å². The second-order valence-electron chi connectivity index (χ2n) is 3.87. The van der Waals surface area contributed by atoms with Crippen LogP contribution in [0.5, 0.6) is 0 Å². The average Bonchev–Trinajstić information content (AvgIpc) is 2.39. The van der Waals surface area contributed by atoms with Gasteiger partial charge in [-0.25, -0.2) is 9.97 Å². The number of hydrogen-bond acceptors (Lipinski definition) is 6. The molecule has 0 atom stereocenters. The van der Waals surface area contributed by atoms with Gasteiger partial charge in [0.05, 0.1) is 0 Å². The van der Waals surface area contributed by atoms with E-state index in [1.807, 2.05) is 12.1 Å². The highest BCUT2D eigenvalue weighted by atomic mass is 16.4. The number of nitrogens with one attached hydrogen (secondary N) is 1. The van der Waals surface area contributed by atoms with Gasteiger partial charge >= 0.3 is 5.97 Å². The lowest BCUT2D eigenvalue weighted by Gasteiger charge is -2.16. The molecule has 0 aliphatic carbocycles. The van der Waals surface area contributed by atoms with E-state index in [9.17, 15) is 4.79 Å². The van der Waals surface area contributed by atoms with E-state index in [0.717, 1.165) is 5.69 Å². The predicted molar refractivity (Wildman–Crippen MR) is 70.5 cm³/mol. The fourth-order valence-corrected chi connectivity index (χ4v) is 1.49. The minimum Gasteiger partial charge on any atom is -0.480 e. The molecule has 2 aromatic heterocycles. The monoisotopic (exact) mass is 259 g/mol. The maximum Gasteiger partial charge on any atom is 0.323 e. The molecule has 2 heterocycles. The topological polar surface area (TPSA) is 91.2 Å². The van der Waals surface area contributed by atoms with Crippen molar-refractivity contribution < 1.29 is 9.90 Å². The number of carboxylic acid groups (broad SMARTS) is 1. The highest BCUT2D eigenvalue weighted by molar-refractivity contribution is 5.73. The van der Waals surface area contributed by atoms with Gasteiger partial charge in [0.1, 0.15) is 24.5 Å². The second-order valence-corrected chi connectivity index (χ2v) is 3.87. The molecule has 0 fully saturated rings. The van der Waals surface area contributed by atoms with Crippen molar-refractivity contribution in [1.29, 1.82) is 0 Å². The van der Waals surface area contributed by atoms with Crippen LogP contribution in [0.3, 0.4) is 0 Å². The molecule has 19 heavy (non-hydrogen) atoms. The third-order valence-electron chi connectivity index (χ3n) is 2.37. The Kier molecular flexibility index (Phi) is 3.87. The van der Waals surface area contributed by atoms with Crippen LogP contribution in [0.2, 0.25) is 0 Å². The lowest BCUT2D eigenvalue weighted by Crippen LogP contribution is -2.26. The Hall–Kier alpha value is -2.70. The van der Waals surface area contributed by atoms with Gasteiger partial charge in [0.2, 0.25) is 0 Å². The quantitative estimate of drug-likeness (QED) is 0.831. The fraction of sp³-hybridized carbons (Fsp3) is 0.167. The summed E-state index contributed by atoms with van der Waals surface area (Å²) in [5, 5.41) is 11.8. The third kappa shape index (κ3) is 3.63. The summed E-state index contributed by atoms with van der Waals surface area (Å²) >= 11 is 0. The van der Waals surface area contributed by atoms with Gasteiger partial charge in [-0.2, -0.15) is 0 Å². The Bertz CT molecular complexity index is 561. The van der Waals surface area contributed by atoms with Gasteiger partial charge < -0.3 is 15.3 Å². The summed E-state index contributed by atoms with van der Waals surface area (Å²) in [4.78, 5) is 24.2. The van der Waals surface area contributed by atoms with E-state index < -0.39 is 5.97 Å². The van der Waals surface area contributed by atoms with E-state index in [4.69, 9.17) is 5.11 Å². The molecule has 0 unspecified atom stereocenters. The van der Waals surface area contributed by atoms with Gasteiger partial charge in [0.25, 0.3) is 0 Å². The number of aliphatic carboxylic acids is 1. The zero-order chi connectivity index (χ0) is 13.7. The zero-order valence-electron chi connectivity index (χ0n) is 10.3. The number of nitrogens with zero attached hydrogens (tertiary/aromatic N) is 4. The summed E-state index contributed by atoms with van der Waals surface area (Å²) in [6.07, 6.45) is 4.72. The number of rotatable bonds is 5. The maximum absolute atomic E-state index is 10.7. The summed E-state index contributed by atoms with van der Waals surface area (Å²) in [6, 6.07) is 5.30. The Morgan fingerprint density at radius 2 is 2.11 bits per heavy atom. The molecule has 0 radical (unpaired) electrons. The van der Waals surface area contributed by atoms with E-state index >= 15 is 0 Å². The van der Waals surface area contributed by atoms with Crippen LogP contribution in [0.4, 0.5) is 17.3 Å². The fourth-order valence-electron chi connectivity index (χ4n) is 1.49. The van der Waals surface area contributed by atoms with E-state index in [2.05, 4.69) is 20.3 Å². The molecule has 0 bridgehead atoms. The minimum atomic E-state index is -0.912. The molecule has 7 heteroatoms. The Morgan fingerprint density at radius 3 is 2.79 bits per heavy atom. The van der Waals surface area contributed by atoms with Gasteiger partial charge in [0.15, 0.2) is 0 Å². The van der Waals surface area contributed by atoms with Crippen molar-refractivity contribution in [3.8, 4) is 0 Å². The van der Waals surface area contributed by atoms with E-state index in [-0.39, 0.29) is 6.54 Å². The summed E-state index contributed by atoms with van der Waals surface area (Å²) in [5.41, 5.74) is 0.848. The highest BCUT2D eigenvalue weighted by Crippen LogP contribution is 2.16. The number of hydrogen-bond donors (Lipinski definition) is 2. The first-order valence-corrected chi connectivity index (χ1v) is 5.57. The van der Waals surface area contributed by atoms with Crippen molar-refractivity contribution in [2.45, 2.75) is 0 Å². The van der Waals surface area contributed by atoms with Crippen molar-refractivity contribution in [3.05, 3.63) is 36.9 Å². The van der Waals surface area contributed by atoms with Gasteiger partial charge in [-0.05, 0) is 12.1 Å². The van der Waals surface area contributed by atoms with Gasteiger partial charge in [-0.3, -0.25) is 9.78 Å². The number of aromatic nitrogens is 3. The number of carbonyl (C=O) groups is 1. The van der Waals surface area contributed by atoms with E-state index in [0.29, 0.717) is 11.6 Å². The van der Waals surface area contributed by atoms with Crippen LogP contribution in [0, 0.1) is 0 Å². The highest BCUT2D eigenvalue weighted by Gasteiger charge is 2.08. The van der Waals surface area contributed by atoms with Crippen LogP contribution < -0.4 is 10.2 Å². The van der Waals surface area contributed by atoms with E-state index in [1.165, 1.54) is 11.2 Å². The molecule has 98 valence electrons. The predicted octanol–water partition coefficient (Wildman–Crippen LogP) is 1.14. The normalized spacial score (nSPS) is 9.95. The number of likely N-dealkylation sites (N-methyl/N-ethyl adjacent to an activating group) is 1. The Labute approximate surface area is 110 Å². The van der Waals surface area contributed by atoms with E-state index in [1.54, 1.807) is 25.5 Å². The molecule has 2 rings (SSSR count). The smallest absolute Gasteiger partial charge is 0.323 e. The first-order valence-electron chi connectivity index (χ1n) is 5.57. The second kappa shape index (κ2) is 5.76. The average molecular weight is 259 g/mol. The molecular weight excluding hydrogens is 246 g/mol. The van der Waals surface area contributed by atoms with Crippen LogP contribution in [0.15, 0.2) is 36.9 Å². The molecule has 0 amide bonds. The third-order valence-corrected chi connectivity index (χ3v) is 2.37. The van der Waals surface area contributed by atoms with Gasteiger partial charge in [-0.1, -0.05) is 0 Å². The first kappa shape index (κ1) is 12.7. The van der Waals surface area contributed by atoms with Crippen LogP contribution >= 0.6 is 0 Å². The Morgan fingerprint density at radius 1 is 1.37 bits per heavy atom. The maximum atomic E-state index is 10.7. The number of anilines is 3.